The Bertz CT molecular complexity index is 1270. The molecule has 0 spiro atoms. The third kappa shape index (κ3) is 6.30. The predicted molar refractivity (Wildman–Crippen MR) is 133 cm³/mol. The van der Waals surface area contributed by atoms with Crippen LogP contribution < -0.4 is 0 Å². The maximum atomic E-state index is 13.5. The third-order valence-electron chi connectivity index (χ3n) is 5.98. The van der Waals surface area contributed by atoms with Crippen LogP contribution in [0.3, 0.4) is 0 Å². The van der Waals surface area contributed by atoms with Crippen LogP contribution in [0.15, 0.2) is 78.9 Å². The van der Waals surface area contributed by atoms with Crippen LogP contribution in [0.5, 0.6) is 0 Å². The molecule has 0 nitrogen and oxygen atoms in total. The Kier molecular flexibility index (Phi) is 7.53. The predicted octanol–water partition coefficient (Wildman–Crippen LogP) is 8.04. The van der Waals surface area contributed by atoms with E-state index in [0.29, 0.717) is 10.8 Å². The van der Waals surface area contributed by atoms with Crippen LogP contribution in [-0.4, -0.2) is 0 Å². The number of rotatable bonds is 7. The first kappa shape index (κ1) is 22.7. The Hall–Kier alpha value is -3.44. The largest absolute Gasteiger partial charge is 0.204 e. The average Bonchev–Trinajstić information content (AvgIpc) is 2.84. The molecule has 0 atom stereocenters. The van der Waals surface area contributed by atoms with Crippen LogP contribution in [0.1, 0.15) is 54.0 Å². The molecule has 0 fully saturated rings. The zero-order valence-electron chi connectivity index (χ0n) is 19.0. The smallest absolute Gasteiger partial charge is 0.159 e. The van der Waals surface area contributed by atoms with E-state index in [9.17, 15) is 8.78 Å². The molecule has 0 aliphatic rings. The van der Waals surface area contributed by atoms with Crippen molar-refractivity contribution in [1.82, 2.24) is 0 Å². The minimum Gasteiger partial charge on any atom is -0.204 e. The number of unbranched alkanes of at least 4 members (excludes halogenated alkanes) is 2. The lowest BCUT2D eigenvalue weighted by molar-refractivity contribution is 0.511. The van der Waals surface area contributed by atoms with Gasteiger partial charge in [-0.05, 0) is 89.5 Å². The van der Waals surface area contributed by atoms with Gasteiger partial charge in [0, 0.05) is 11.1 Å². The molecule has 33 heavy (non-hydrogen) atoms. The second kappa shape index (κ2) is 10.9. The molecular formula is C31H28F2. The quantitative estimate of drug-likeness (QED) is 0.202. The SMILES string of the molecule is CCCCCc1ccc(CCc2ccc(C#Cc3ccc4cc(F)c(F)cc4c3)cc2)cc1. The van der Waals surface area contributed by atoms with Crippen molar-refractivity contribution in [3.63, 3.8) is 0 Å². The molecule has 0 saturated carbocycles. The summed E-state index contributed by atoms with van der Waals surface area (Å²) in [4.78, 5) is 0. The van der Waals surface area contributed by atoms with Gasteiger partial charge < -0.3 is 0 Å². The van der Waals surface area contributed by atoms with E-state index in [1.54, 1.807) is 12.1 Å². The van der Waals surface area contributed by atoms with Gasteiger partial charge in [0.05, 0.1) is 0 Å². The lowest BCUT2D eigenvalue weighted by atomic mass is 10.0. The molecule has 0 radical (unpaired) electrons. The van der Waals surface area contributed by atoms with Gasteiger partial charge in [0.2, 0.25) is 0 Å². The van der Waals surface area contributed by atoms with E-state index < -0.39 is 11.6 Å². The van der Waals surface area contributed by atoms with Crippen LogP contribution in [0.2, 0.25) is 0 Å². The van der Waals surface area contributed by atoms with Gasteiger partial charge in [0.25, 0.3) is 0 Å². The molecule has 0 aliphatic heterocycles. The maximum Gasteiger partial charge on any atom is 0.159 e. The van der Waals surface area contributed by atoms with Crippen molar-refractivity contribution < 1.29 is 8.78 Å². The van der Waals surface area contributed by atoms with Gasteiger partial charge in [-0.3, -0.25) is 0 Å². The van der Waals surface area contributed by atoms with Crippen molar-refractivity contribution in [3.8, 4) is 11.8 Å². The van der Waals surface area contributed by atoms with E-state index in [-0.39, 0.29) is 0 Å². The molecule has 0 aliphatic carbocycles. The molecular weight excluding hydrogens is 410 g/mol. The molecule has 166 valence electrons. The average molecular weight is 439 g/mol. The summed E-state index contributed by atoms with van der Waals surface area (Å²) in [6.45, 7) is 2.24. The van der Waals surface area contributed by atoms with Gasteiger partial charge in [-0.25, -0.2) is 8.78 Å². The van der Waals surface area contributed by atoms with Crippen LogP contribution in [0, 0.1) is 23.5 Å². The molecule has 0 saturated heterocycles. The second-order valence-corrected chi connectivity index (χ2v) is 8.55. The van der Waals surface area contributed by atoms with Crippen molar-refractivity contribution >= 4 is 10.8 Å². The number of hydrogen-bond donors (Lipinski definition) is 0. The van der Waals surface area contributed by atoms with Crippen LogP contribution in [0.4, 0.5) is 8.78 Å². The fourth-order valence-electron chi connectivity index (χ4n) is 3.96. The lowest BCUT2D eigenvalue weighted by Crippen LogP contribution is -1.93. The van der Waals surface area contributed by atoms with E-state index in [2.05, 4.69) is 55.2 Å². The molecule has 2 heteroatoms. The summed E-state index contributed by atoms with van der Waals surface area (Å²) < 4.78 is 26.9. The summed E-state index contributed by atoms with van der Waals surface area (Å²) in [5.41, 5.74) is 5.79. The molecule has 0 heterocycles. The summed E-state index contributed by atoms with van der Waals surface area (Å²) in [7, 11) is 0. The Balaban J connectivity index is 1.35. The molecule has 4 aromatic carbocycles. The van der Waals surface area contributed by atoms with Crippen molar-refractivity contribution in [2.45, 2.75) is 45.4 Å². The summed E-state index contributed by atoms with van der Waals surface area (Å²) in [5.74, 6) is 4.61. The number of fused-ring (bicyclic) bond motifs is 1. The Labute approximate surface area is 195 Å². The molecule has 0 aromatic heterocycles. The summed E-state index contributed by atoms with van der Waals surface area (Å²) in [5, 5.41) is 1.31. The Morgan fingerprint density at radius 1 is 0.545 bits per heavy atom. The van der Waals surface area contributed by atoms with E-state index in [1.807, 2.05) is 18.2 Å². The molecule has 4 rings (SSSR count). The van der Waals surface area contributed by atoms with E-state index in [1.165, 1.54) is 54.5 Å². The molecule has 0 bridgehead atoms. The summed E-state index contributed by atoms with van der Waals surface area (Å²) in [6, 6.07) is 25.2. The minimum atomic E-state index is -0.842. The van der Waals surface area contributed by atoms with Crippen molar-refractivity contribution in [2.24, 2.45) is 0 Å². The fraction of sp³-hybridized carbons (Fsp3) is 0.226. The molecule has 0 unspecified atom stereocenters. The molecule has 0 N–H and O–H groups in total. The maximum absolute atomic E-state index is 13.5. The number of benzene rings is 4. The van der Waals surface area contributed by atoms with Gasteiger partial charge in [0.1, 0.15) is 0 Å². The van der Waals surface area contributed by atoms with Gasteiger partial charge in [0.15, 0.2) is 11.6 Å². The van der Waals surface area contributed by atoms with Gasteiger partial charge in [-0.15, -0.1) is 0 Å². The Morgan fingerprint density at radius 3 is 1.70 bits per heavy atom. The highest BCUT2D eigenvalue weighted by molar-refractivity contribution is 5.84. The number of aryl methyl sites for hydroxylation is 3. The highest BCUT2D eigenvalue weighted by Crippen LogP contribution is 2.20. The molecule has 0 amide bonds. The summed E-state index contributed by atoms with van der Waals surface area (Å²) >= 11 is 0. The first-order valence-corrected chi connectivity index (χ1v) is 11.7. The van der Waals surface area contributed by atoms with Crippen LogP contribution in [0.25, 0.3) is 10.8 Å². The highest BCUT2D eigenvalue weighted by Gasteiger charge is 2.04. The third-order valence-corrected chi connectivity index (χ3v) is 5.98. The number of hydrogen-bond acceptors (Lipinski definition) is 0. The minimum absolute atomic E-state index is 0.644. The fourth-order valence-corrected chi connectivity index (χ4v) is 3.96. The first-order chi connectivity index (χ1) is 16.1. The zero-order valence-corrected chi connectivity index (χ0v) is 19.0. The van der Waals surface area contributed by atoms with E-state index in [4.69, 9.17) is 0 Å². The van der Waals surface area contributed by atoms with Crippen LogP contribution in [-0.2, 0) is 19.3 Å². The number of halogens is 2. The van der Waals surface area contributed by atoms with Crippen molar-refractivity contribution in [3.05, 3.63) is 118 Å². The topological polar surface area (TPSA) is 0 Å². The Morgan fingerprint density at radius 2 is 1.06 bits per heavy atom. The van der Waals surface area contributed by atoms with Crippen LogP contribution >= 0.6 is 0 Å². The first-order valence-electron chi connectivity index (χ1n) is 11.7. The lowest BCUT2D eigenvalue weighted by Gasteiger charge is -2.05. The highest BCUT2D eigenvalue weighted by atomic mass is 19.2. The van der Waals surface area contributed by atoms with Gasteiger partial charge in [-0.2, -0.15) is 0 Å². The van der Waals surface area contributed by atoms with E-state index >= 15 is 0 Å². The van der Waals surface area contributed by atoms with Gasteiger partial charge in [-0.1, -0.05) is 74.1 Å². The van der Waals surface area contributed by atoms with Crippen molar-refractivity contribution in [1.29, 1.82) is 0 Å². The van der Waals surface area contributed by atoms with Gasteiger partial charge >= 0.3 is 0 Å². The zero-order chi connectivity index (χ0) is 23.0. The second-order valence-electron chi connectivity index (χ2n) is 8.55. The standard InChI is InChI=1S/C31H28F2/c1-2-3-4-5-23-6-8-24(9-7-23)10-11-25-12-14-26(15-13-25)16-17-27-18-19-28-21-30(32)31(33)22-29(28)20-27/h6-9,12-15,18-22H,2-5,10-11H2,1H3. The monoisotopic (exact) mass is 438 g/mol. The molecule has 4 aromatic rings. The summed E-state index contributed by atoms with van der Waals surface area (Å²) in [6.07, 6.45) is 7.01. The van der Waals surface area contributed by atoms with E-state index in [0.717, 1.165) is 24.0 Å². The van der Waals surface area contributed by atoms with Crippen molar-refractivity contribution in [2.75, 3.05) is 0 Å². The normalized spacial score (nSPS) is 10.8.